The second kappa shape index (κ2) is 7.44. The predicted molar refractivity (Wildman–Crippen MR) is 66.5 cm³/mol. The van der Waals surface area contributed by atoms with Crippen LogP contribution in [0.4, 0.5) is 0 Å². The zero-order valence-electron chi connectivity index (χ0n) is 8.89. The van der Waals surface area contributed by atoms with Crippen molar-refractivity contribution in [3.63, 3.8) is 0 Å². The van der Waals surface area contributed by atoms with Crippen LogP contribution in [0.1, 0.15) is 27.7 Å². The van der Waals surface area contributed by atoms with Gasteiger partial charge in [0.2, 0.25) is 0 Å². The summed E-state index contributed by atoms with van der Waals surface area (Å²) in [6.07, 6.45) is 0. The molecule has 0 amide bonds. The van der Waals surface area contributed by atoms with Crippen molar-refractivity contribution in [1.82, 2.24) is 10.6 Å². The maximum atomic E-state index is 5.13. The van der Waals surface area contributed by atoms with Gasteiger partial charge in [0.25, 0.3) is 0 Å². The van der Waals surface area contributed by atoms with Crippen LogP contribution in [0.3, 0.4) is 0 Å². The molecule has 0 saturated heterocycles. The lowest BCUT2D eigenvalue weighted by atomic mass is 10.4. The van der Waals surface area contributed by atoms with Gasteiger partial charge in [0.1, 0.15) is 0 Å². The number of nitrogens with one attached hydrogen (secondary N) is 2. The molecule has 0 rings (SSSR count). The van der Waals surface area contributed by atoms with Gasteiger partial charge in [-0.05, 0) is 38.7 Å². The lowest BCUT2D eigenvalue weighted by molar-refractivity contribution is 0.677. The summed E-state index contributed by atoms with van der Waals surface area (Å²) in [6, 6.07) is 0.856. The number of thiocarbonyl (C=S) groups is 1. The first kappa shape index (κ1) is 13.0. The Kier molecular flexibility index (Phi) is 7.47. The molecular weight excluding hydrogens is 200 g/mol. The third-order valence-electron chi connectivity index (χ3n) is 1.37. The van der Waals surface area contributed by atoms with E-state index in [1.165, 1.54) is 0 Å². The van der Waals surface area contributed by atoms with Gasteiger partial charge in [-0.15, -0.1) is 0 Å². The van der Waals surface area contributed by atoms with Crippen molar-refractivity contribution in [2.24, 2.45) is 0 Å². The molecule has 0 aromatic carbocycles. The molecule has 2 N–H and O–H groups in total. The van der Waals surface area contributed by atoms with Gasteiger partial charge in [-0.2, -0.15) is 11.8 Å². The average Bonchev–Trinajstić information content (AvgIpc) is 1.98. The molecular formula is C9H20N2S2. The summed E-state index contributed by atoms with van der Waals surface area (Å²) in [5.74, 6) is 2.27. The van der Waals surface area contributed by atoms with Gasteiger partial charge in [0, 0.05) is 17.8 Å². The molecule has 0 aromatic heterocycles. The lowest BCUT2D eigenvalue weighted by Gasteiger charge is -2.18. The minimum atomic E-state index is 0.408. The zero-order valence-corrected chi connectivity index (χ0v) is 10.5. The summed E-state index contributed by atoms with van der Waals surface area (Å²) in [5, 5.41) is 7.17. The van der Waals surface area contributed by atoms with Crippen LogP contribution >= 0.6 is 24.0 Å². The van der Waals surface area contributed by atoms with Crippen LogP contribution in [-0.4, -0.2) is 28.7 Å². The molecule has 4 heteroatoms. The van der Waals surface area contributed by atoms with Gasteiger partial charge < -0.3 is 10.6 Å². The van der Waals surface area contributed by atoms with Crippen molar-refractivity contribution < 1.29 is 0 Å². The highest BCUT2D eigenvalue weighted by Gasteiger charge is 2.03. The summed E-state index contributed by atoms with van der Waals surface area (Å²) in [7, 11) is 0. The Morgan fingerprint density at radius 1 is 1.31 bits per heavy atom. The summed E-state index contributed by atoms with van der Waals surface area (Å²) < 4.78 is 0. The monoisotopic (exact) mass is 220 g/mol. The van der Waals surface area contributed by atoms with Crippen molar-refractivity contribution in [2.75, 3.05) is 11.5 Å². The van der Waals surface area contributed by atoms with E-state index in [4.69, 9.17) is 12.2 Å². The Bertz CT molecular complexity index is 149. The maximum absolute atomic E-state index is 5.13. The molecule has 0 bridgehead atoms. The van der Waals surface area contributed by atoms with E-state index in [-0.39, 0.29) is 0 Å². The molecule has 0 saturated carbocycles. The Morgan fingerprint density at radius 3 is 2.38 bits per heavy atom. The highest BCUT2D eigenvalue weighted by Crippen LogP contribution is 2.00. The molecule has 1 atom stereocenters. The number of thioether (sulfide) groups is 1. The lowest BCUT2D eigenvalue weighted by Crippen LogP contribution is -2.44. The SMILES string of the molecule is CCSCC(C)NC(=S)NC(C)C. The fourth-order valence-electron chi connectivity index (χ4n) is 0.864. The van der Waals surface area contributed by atoms with Gasteiger partial charge in [-0.1, -0.05) is 6.92 Å². The Balaban J connectivity index is 3.53. The number of rotatable bonds is 5. The van der Waals surface area contributed by atoms with Gasteiger partial charge in [-0.3, -0.25) is 0 Å². The summed E-state index contributed by atoms with van der Waals surface area (Å²) in [6.45, 7) is 8.48. The molecule has 13 heavy (non-hydrogen) atoms. The predicted octanol–water partition coefficient (Wildman–Crippen LogP) is 2.00. The van der Waals surface area contributed by atoms with Crippen molar-refractivity contribution in [1.29, 1.82) is 0 Å². The third-order valence-corrected chi connectivity index (χ3v) is 2.75. The largest absolute Gasteiger partial charge is 0.361 e. The van der Waals surface area contributed by atoms with Crippen molar-refractivity contribution in [3.8, 4) is 0 Å². The normalized spacial score (nSPS) is 12.7. The second-order valence-corrected chi connectivity index (χ2v) is 5.06. The fraction of sp³-hybridized carbons (Fsp3) is 0.889. The highest BCUT2D eigenvalue weighted by atomic mass is 32.2. The van der Waals surface area contributed by atoms with E-state index >= 15 is 0 Å². The molecule has 0 aliphatic carbocycles. The quantitative estimate of drug-likeness (QED) is 0.692. The molecule has 0 radical (unpaired) electrons. The summed E-state index contributed by atoms with van der Waals surface area (Å²) >= 11 is 7.05. The highest BCUT2D eigenvalue weighted by molar-refractivity contribution is 7.99. The maximum Gasteiger partial charge on any atom is 0.166 e. The number of hydrogen-bond donors (Lipinski definition) is 2. The first-order valence-corrected chi connectivity index (χ1v) is 6.27. The van der Waals surface area contributed by atoms with Crippen molar-refractivity contribution >= 4 is 29.1 Å². The van der Waals surface area contributed by atoms with E-state index in [1.54, 1.807) is 0 Å². The van der Waals surface area contributed by atoms with Gasteiger partial charge >= 0.3 is 0 Å². The van der Waals surface area contributed by atoms with E-state index in [0.29, 0.717) is 12.1 Å². The molecule has 0 aliphatic heterocycles. The summed E-state index contributed by atoms with van der Waals surface area (Å²) in [4.78, 5) is 0. The fourth-order valence-corrected chi connectivity index (χ4v) is 1.97. The van der Waals surface area contributed by atoms with Crippen LogP contribution in [-0.2, 0) is 0 Å². The van der Waals surface area contributed by atoms with Crippen LogP contribution in [0.5, 0.6) is 0 Å². The first-order chi connectivity index (χ1) is 6.06. The Morgan fingerprint density at radius 2 is 1.92 bits per heavy atom. The van der Waals surface area contributed by atoms with Crippen LogP contribution in [0.25, 0.3) is 0 Å². The van der Waals surface area contributed by atoms with E-state index in [0.717, 1.165) is 16.6 Å². The molecule has 0 aromatic rings. The van der Waals surface area contributed by atoms with Crippen molar-refractivity contribution in [3.05, 3.63) is 0 Å². The van der Waals surface area contributed by atoms with Crippen molar-refractivity contribution in [2.45, 2.75) is 39.8 Å². The Labute approximate surface area is 91.2 Å². The molecule has 0 fully saturated rings. The molecule has 0 heterocycles. The van der Waals surface area contributed by atoms with Gasteiger partial charge in [-0.25, -0.2) is 0 Å². The molecule has 0 spiro atoms. The van der Waals surface area contributed by atoms with E-state index < -0.39 is 0 Å². The van der Waals surface area contributed by atoms with E-state index in [2.05, 4.69) is 38.3 Å². The topological polar surface area (TPSA) is 24.1 Å². The smallest absolute Gasteiger partial charge is 0.166 e. The molecule has 78 valence electrons. The number of hydrogen-bond acceptors (Lipinski definition) is 2. The van der Waals surface area contributed by atoms with Crippen LogP contribution < -0.4 is 10.6 Å². The minimum absolute atomic E-state index is 0.408. The molecule has 0 aliphatic rings. The van der Waals surface area contributed by atoms with E-state index in [1.807, 2.05) is 11.8 Å². The molecule has 2 nitrogen and oxygen atoms in total. The van der Waals surface area contributed by atoms with Gasteiger partial charge in [0.15, 0.2) is 5.11 Å². The minimum Gasteiger partial charge on any atom is -0.361 e. The third kappa shape index (κ3) is 8.37. The first-order valence-electron chi connectivity index (χ1n) is 4.71. The summed E-state index contributed by atoms with van der Waals surface area (Å²) in [5.41, 5.74) is 0. The standard InChI is InChI=1S/C9H20N2S2/c1-5-13-6-8(4)11-9(12)10-7(2)3/h7-8H,5-6H2,1-4H3,(H2,10,11,12). The van der Waals surface area contributed by atoms with Crippen LogP contribution in [0.15, 0.2) is 0 Å². The van der Waals surface area contributed by atoms with Crippen LogP contribution in [0.2, 0.25) is 0 Å². The van der Waals surface area contributed by atoms with Crippen LogP contribution in [0, 0.1) is 0 Å². The van der Waals surface area contributed by atoms with Gasteiger partial charge in [0.05, 0.1) is 0 Å². The van der Waals surface area contributed by atoms with E-state index in [9.17, 15) is 0 Å². The second-order valence-electron chi connectivity index (χ2n) is 3.33. The Hall–Kier alpha value is 0.0400. The zero-order chi connectivity index (χ0) is 10.3. The molecule has 1 unspecified atom stereocenters. The average molecular weight is 220 g/mol.